The number of sulfonamides is 1. The average Bonchev–Trinajstić information content (AvgIpc) is 3.63. The molecule has 0 saturated heterocycles. The SMILES string of the molecule is CC(C)(C)NS(=O)(=O)c1cccc(NC(=O)Oc2cnn3c(C4CC4)cc(-c4ccc(C(F)(F)F)cc4)nc23)c1. The Morgan fingerprint density at radius 2 is 1.75 bits per heavy atom. The third kappa shape index (κ3) is 6.10. The average molecular weight is 574 g/mol. The van der Waals surface area contributed by atoms with E-state index in [-0.39, 0.29) is 27.9 Å². The first-order valence-electron chi connectivity index (χ1n) is 12.4. The Hall–Kier alpha value is -3.97. The van der Waals surface area contributed by atoms with Crippen LogP contribution in [0.5, 0.6) is 5.75 Å². The van der Waals surface area contributed by atoms with Crippen molar-refractivity contribution in [3.05, 3.63) is 72.1 Å². The topological polar surface area (TPSA) is 115 Å². The van der Waals surface area contributed by atoms with E-state index in [1.165, 1.54) is 42.6 Å². The van der Waals surface area contributed by atoms with Crippen LogP contribution in [0.25, 0.3) is 16.9 Å². The fourth-order valence-electron chi connectivity index (χ4n) is 4.13. The molecule has 1 aliphatic rings. The number of hydrogen-bond donors (Lipinski definition) is 2. The number of benzene rings is 2. The molecule has 2 aromatic carbocycles. The second kappa shape index (κ2) is 9.89. The molecule has 40 heavy (non-hydrogen) atoms. The molecule has 210 valence electrons. The van der Waals surface area contributed by atoms with Crippen molar-refractivity contribution >= 4 is 27.5 Å². The van der Waals surface area contributed by atoms with Crippen molar-refractivity contribution in [1.29, 1.82) is 0 Å². The van der Waals surface area contributed by atoms with Crippen molar-refractivity contribution in [3.8, 4) is 17.0 Å². The number of nitrogens with one attached hydrogen (secondary N) is 2. The highest BCUT2D eigenvalue weighted by Crippen LogP contribution is 2.42. The standard InChI is InChI=1S/C27H26F3N5O4S/c1-26(2,3)34-40(37,38)20-6-4-5-19(13-20)32-25(36)39-23-15-31-35-22(17-7-8-17)14-21(33-24(23)35)16-9-11-18(12-10-16)27(28,29)30/h4-6,9-15,17,34H,7-8H2,1-3H3,(H,32,36). The monoisotopic (exact) mass is 573 g/mol. The summed E-state index contributed by atoms with van der Waals surface area (Å²) in [4.78, 5) is 17.3. The number of ether oxygens (including phenoxy) is 1. The zero-order valence-corrected chi connectivity index (χ0v) is 22.6. The Balaban J connectivity index is 1.41. The lowest BCUT2D eigenvalue weighted by Crippen LogP contribution is -2.40. The number of halogens is 3. The smallest absolute Gasteiger partial charge is 0.404 e. The summed E-state index contributed by atoms with van der Waals surface area (Å²) in [5.41, 5.74) is 0.635. The van der Waals surface area contributed by atoms with Gasteiger partial charge in [-0.1, -0.05) is 18.2 Å². The summed E-state index contributed by atoms with van der Waals surface area (Å²) in [7, 11) is -3.83. The van der Waals surface area contributed by atoms with Gasteiger partial charge in [-0.25, -0.2) is 27.4 Å². The first-order valence-corrected chi connectivity index (χ1v) is 13.9. The first kappa shape index (κ1) is 27.6. The number of alkyl halides is 3. The van der Waals surface area contributed by atoms with E-state index < -0.39 is 33.4 Å². The Morgan fingerprint density at radius 1 is 1.05 bits per heavy atom. The van der Waals surface area contributed by atoms with Crippen LogP contribution in [0.3, 0.4) is 0 Å². The van der Waals surface area contributed by atoms with Crippen molar-refractivity contribution in [1.82, 2.24) is 19.3 Å². The van der Waals surface area contributed by atoms with Crippen LogP contribution in [-0.2, 0) is 16.2 Å². The van der Waals surface area contributed by atoms with Crippen molar-refractivity contribution < 1.29 is 31.1 Å². The Morgan fingerprint density at radius 3 is 2.38 bits per heavy atom. The summed E-state index contributed by atoms with van der Waals surface area (Å²) in [6, 6.07) is 12.2. The zero-order valence-electron chi connectivity index (χ0n) is 21.8. The van der Waals surface area contributed by atoms with E-state index in [2.05, 4.69) is 20.1 Å². The van der Waals surface area contributed by atoms with Gasteiger partial charge in [0.25, 0.3) is 0 Å². The Kier molecular flexibility index (Phi) is 6.83. The number of nitrogens with zero attached hydrogens (tertiary/aromatic N) is 3. The van der Waals surface area contributed by atoms with E-state index in [0.29, 0.717) is 11.3 Å². The lowest BCUT2D eigenvalue weighted by Gasteiger charge is -2.20. The quantitative estimate of drug-likeness (QED) is 0.293. The van der Waals surface area contributed by atoms with Gasteiger partial charge in [0.05, 0.1) is 22.3 Å². The molecule has 1 aliphatic carbocycles. The maximum atomic E-state index is 13.0. The van der Waals surface area contributed by atoms with E-state index >= 15 is 0 Å². The van der Waals surface area contributed by atoms with E-state index in [1.807, 2.05) is 0 Å². The molecule has 5 rings (SSSR count). The number of hydrogen-bond acceptors (Lipinski definition) is 6. The minimum Gasteiger partial charge on any atom is -0.404 e. The van der Waals surface area contributed by atoms with Gasteiger partial charge >= 0.3 is 12.3 Å². The van der Waals surface area contributed by atoms with E-state index in [0.717, 1.165) is 30.7 Å². The summed E-state index contributed by atoms with van der Waals surface area (Å²) in [5.74, 6) is 0.234. The summed E-state index contributed by atoms with van der Waals surface area (Å²) in [6.07, 6.45) is -2.18. The molecule has 4 aromatic rings. The van der Waals surface area contributed by atoms with Crippen LogP contribution in [0.15, 0.2) is 65.7 Å². The second-order valence-corrected chi connectivity index (χ2v) is 12.2. The molecule has 2 heterocycles. The lowest BCUT2D eigenvalue weighted by molar-refractivity contribution is -0.137. The van der Waals surface area contributed by atoms with Crippen molar-refractivity contribution in [2.45, 2.75) is 56.1 Å². The Bertz CT molecular complexity index is 1690. The number of aromatic nitrogens is 3. The summed E-state index contributed by atoms with van der Waals surface area (Å²) >= 11 is 0. The van der Waals surface area contributed by atoms with Crippen LogP contribution < -0.4 is 14.8 Å². The summed E-state index contributed by atoms with van der Waals surface area (Å²) in [6.45, 7) is 5.14. The van der Waals surface area contributed by atoms with Crippen LogP contribution in [0, 0.1) is 0 Å². The molecule has 2 N–H and O–H groups in total. The van der Waals surface area contributed by atoms with Gasteiger partial charge < -0.3 is 4.74 Å². The van der Waals surface area contributed by atoms with Gasteiger partial charge in [0, 0.05) is 28.4 Å². The highest BCUT2D eigenvalue weighted by atomic mass is 32.2. The van der Waals surface area contributed by atoms with Gasteiger partial charge in [-0.05, 0) is 70.0 Å². The first-order chi connectivity index (χ1) is 18.7. The number of rotatable bonds is 6. The number of carbonyl (C=O) groups excluding carboxylic acids is 1. The molecule has 0 radical (unpaired) electrons. The van der Waals surface area contributed by atoms with Gasteiger partial charge in [0.1, 0.15) is 0 Å². The number of carbonyl (C=O) groups is 1. The van der Waals surface area contributed by atoms with Crippen LogP contribution >= 0.6 is 0 Å². The van der Waals surface area contributed by atoms with Gasteiger partial charge in [-0.15, -0.1) is 0 Å². The molecule has 0 spiro atoms. The van der Waals surface area contributed by atoms with Crippen LogP contribution in [0.4, 0.5) is 23.7 Å². The molecule has 1 saturated carbocycles. The molecule has 0 bridgehead atoms. The van der Waals surface area contributed by atoms with E-state index in [4.69, 9.17) is 4.74 Å². The van der Waals surface area contributed by atoms with Crippen LogP contribution in [0.1, 0.15) is 50.8 Å². The highest BCUT2D eigenvalue weighted by Gasteiger charge is 2.31. The predicted octanol–water partition coefficient (Wildman–Crippen LogP) is 5.98. The largest absolute Gasteiger partial charge is 0.417 e. The third-order valence-electron chi connectivity index (χ3n) is 6.00. The van der Waals surface area contributed by atoms with Crippen LogP contribution in [0.2, 0.25) is 0 Å². The van der Waals surface area contributed by atoms with Gasteiger partial charge in [0.2, 0.25) is 10.0 Å². The van der Waals surface area contributed by atoms with Gasteiger partial charge in [-0.3, -0.25) is 5.32 Å². The maximum absolute atomic E-state index is 13.0. The van der Waals surface area contributed by atoms with Crippen molar-refractivity contribution in [2.24, 2.45) is 0 Å². The molecule has 0 aliphatic heterocycles. The normalized spacial score (nSPS) is 14.3. The minimum atomic E-state index is -4.46. The molecule has 9 nitrogen and oxygen atoms in total. The number of anilines is 1. The fourth-order valence-corrected chi connectivity index (χ4v) is 5.60. The van der Waals surface area contributed by atoms with Gasteiger partial charge in [0.15, 0.2) is 11.4 Å². The summed E-state index contributed by atoms with van der Waals surface area (Å²) in [5, 5.41) is 6.83. The second-order valence-electron chi connectivity index (χ2n) is 10.6. The summed E-state index contributed by atoms with van der Waals surface area (Å²) < 4.78 is 74.0. The molecular weight excluding hydrogens is 547 g/mol. The van der Waals surface area contributed by atoms with E-state index in [9.17, 15) is 26.4 Å². The fraction of sp³-hybridized carbons (Fsp3) is 0.296. The van der Waals surface area contributed by atoms with Crippen molar-refractivity contribution in [2.75, 3.05) is 5.32 Å². The molecular formula is C27H26F3N5O4S. The molecule has 13 heteroatoms. The molecule has 1 amide bonds. The molecule has 1 fully saturated rings. The minimum absolute atomic E-state index is 0.0336. The third-order valence-corrected chi connectivity index (χ3v) is 7.76. The number of amides is 1. The Labute approximate surface area is 228 Å². The molecule has 0 atom stereocenters. The highest BCUT2D eigenvalue weighted by molar-refractivity contribution is 7.89. The maximum Gasteiger partial charge on any atom is 0.417 e. The number of fused-ring (bicyclic) bond motifs is 1. The zero-order chi connectivity index (χ0) is 28.9. The van der Waals surface area contributed by atoms with Crippen LogP contribution in [-0.4, -0.2) is 34.6 Å². The molecule has 2 aromatic heterocycles. The van der Waals surface area contributed by atoms with E-state index in [1.54, 1.807) is 31.4 Å². The van der Waals surface area contributed by atoms with Crippen molar-refractivity contribution in [3.63, 3.8) is 0 Å². The van der Waals surface area contributed by atoms with Gasteiger partial charge in [-0.2, -0.15) is 18.3 Å². The lowest BCUT2D eigenvalue weighted by atomic mass is 10.1. The predicted molar refractivity (Wildman–Crippen MR) is 142 cm³/mol. The molecule has 0 unspecified atom stereocenters.